The van der Waals surface area contributed by atoms with E-state index >= 15 is 0 Å². The van der Waals surface area contributed by atoms with E-state index in [1.54, 1.807) is 0 Å². The molecule has 4 rings (SSSR count). The van der Waals surface area contributed by atoms with E-state index in [0.29, 0.717) is 6.10 Å². The zero-order valence-electron chi connectivity index (χ0n) is 18.8. The number of aliphatic carboxylic acids is 1. The maximum absolute atomic E-state index is 11.3. The van der Waals surface area contributed by atoms with Gasteiger partial charge in [0.15, 0.2) is 0 Å². The van der Waals surface area contributed by atoms with Gasteiger partial charge in [-0.3, -0.25) is 4.79 Å². The Balaban J connectivity index is 1.39. The third kappa shape index (κ3) is 5.23. The third-order valence-electron chi connectivity index (χ3n) is 7.42. The second-order valence-electron chi connectivity index (χ2n) is 9.36. The summed E-state index contributed by atoms with van der Waals surface area (Å²) < 4.78 is 6.24. The van der Waals surface area contributed by atoms with E-state index in [1.165, 1.54) is 43.2 Å². The van der Waals surface area contributed by atoms with Gasteiger partial charge in [0.05, 0.1) is 12.0 Å². The second-order valence-corrected chi connectivity index (χ2v) is 9.36. The van der Waals surface area contributed by atoms with Gasteiger partial charge in [-0.1, -0.05) is 37.6 Å². The first-order valence-electron chi connectivity index (χ1n) is 11.9. The number of ether oxygens (including phenoxy) is 1. The van der Waals surface area contributed by atoms with Crippen LogP contribution in [0, 0.1) is 11.8 Å². The minimum absolute atomic E-state index is 0.208. The number of nitrogens with zero attached hydrogens (tertiary/aromatic N) is 1. The van der Waals surface area contributed by atoms with Crippen molar-refractivity contribution < 1.29 is 14.6 Å². The largest absolute Gasteiger partial charge is 0.490 e. The molecule has 0 aromatic heterocycles. The van der Waals surface area contributed by atoms with Crippen LogP contribution in [0.4, 0.5) is 5.69 Å². The summed E-state index contributed by atoms with van der Waals surface area (Å²) >= 11 is 0. The van der Waals surface area contributed by atoms with Gasteiger partial charge in [0.1, 0.15) is 5.75 Å². The lowest BCUT2D eigenvalue weighted by molar-refractivity contribution is -0.141. The fraction of sp³-hybridized carbons (Fsp3) is 0.519. The van der Waals surface area contributed by atoms with Gasteiger partial charge >= 0.3 is 5.97 Å². The maximum Gasteiger partial charge on any atom is 0.306 e. The van der Waals surface area contributed by atoms with Crippen LogP contribution in [0.1, 0.15) is 58.3 Å². The van der Waals surface area contributed by atoms with Crippen molar-refractivity contribution in [3.63, 3.8) is 0 Å². The molecular formula is C27H35NO3. The molecule has 2 aliphatic rings. The summed E-state index contributed by atoms with van der Waals surface area (Å²) in [7, 11) is 2.08. The van der Waals surface area contributed by atoms with Gasteiger partial charge in [-0.2, -0.15) is 0 Å². The molecule has 0 saturated heterocycles. The predicted octanol–water partition coefficient (Wildman–Crippen LogP) is 6.39. The van der Waals surface area contributed by atoms with Gasteiger partial charge < -0.3 is 14.7 Å². The summed E-state index contributed by atoms with van der Waals surface area (Å²) in [5.74, 6) is 0.972. The van der Waals surface area contributed by atoms with Gasteiger partial charge in [-0.05, 0) is 86.3 Å². The monoisotopic (exact) mass is 421 g/mol. The number of carboxylic acids is 1. The SMILES string of the molecule is CC[C@H]1CC[C@@H](Oc2ccc(-c3cccc(N(C)C4CCC(C(=O)O)C4)c3)cc2)CC1. The van der Waals surface area contributed by atoms with Gasteiger partial charge in [-0.25, -0.2) is 0 Å². The van der Waals surface area contributed by atoms with Crippen molar-refractivity contribution in [1.82, 2.24) is 0 Å². The van der Waals surface area contributed by atoms with Gasteiger partial charge in [0, 0.05) is 18.8 Å². The first kappa shape index (κ1) is 21.7. The molecule has 2 saturated carbocycles. The first-order valence-corrected chi connectivity index (χ1v) is 11.9. The molecule has 2 unspecified atom stereocenters. The zero-order valence-corrected chi connectivity index (χ0v) is 18.8. The van der Waals surface area contributed by atoms with E-state index in [9.17, 15) is 9.90 Å². The summed E-state index contributed by atoms with van der Waals surface area (Å²) in [4.78, 5) is 13.5. The smallest absolute Gasteiger partial charge is 0.306 e. The highest BCUT2D eigenvalue weighted by Crippen LogP contribution is 2.34. The van der Waals surface area contributed by atoms with E-state index in [1.807, 2.05) is 0 Å². The summed E-state index contributed by atoms with van der Waals surface area (Å²) in [6.45, 7) is 2.29. The van der Waals surface area contributed by atoms with E-state index < -0.39 is 5.97 Å². The molecule has 0 radical (unpaired) electrons. The fourth-order valence-electron chi connectivity index (χ4n) is 5.23. The molecule has 0 amide bonds. The van der Waals surface area contributed by atoms with E-state index in [0.717, 1.165) is 36.6 Å². The molecule has 166 valence electrons. The van der Waals surface area contributed by atoms with E-state index in [4.69, 9.17) is 4.74 Å². The quantitative estimate of drug-likeness (QED) is 0.563. The van der Waals surface area contributed by atoms with E-state index in [-0.39, 0.29) is 12.0 Å². The molecule has 2 fully saturated rings. The molecule has 0 heterocycles. The Labute approximate surface area is 186 Å². The van der Waals surface area contributed by atoms with Crippen LogP contribution in [0.2, 0.25) is 0 Å². The average molecular weight is 422 g/mol. The molecule has 31 heavy (non-hydrogen) atoms. The maximum atomic E-state index is 11.3. The minimum atomic E-state index is -0.662. The zero-order chi connectivity index (χ0) is 21.8. The van der Waals surface area contributed by atoms with Crippen molar-refractivity contribution in [1.29, 1.82) is 0 Å². The molecule has 4 nitrogen and oxygen atoms in total. The van der Waals surface area contributed by atoms with Crippen LogP contribution in [0.25, 0.3) is 11.1 Å². The molecule has 2 atom stereocenters. The van der Waals surface area contributed by atoms with Crippen LogP contribution in [0.5, 0.6) is 5.75 Å². The lowest BCUT2D eigenvalue weighted by Crippen LogP contribution is -2.29. The van der Waals surface area contributed by atoms with Crippen molar-refractivity contribution in [3.05, 3.63) is 48.5 Å². The van der Waals surface area contributed by atoms with Crippen molar-refractivity contribution >= 4 is 11.7 Å². The average Bonchev–Trinajstić information content (AvgIpc) is 3.30. The highest BCUT2D eigenvalue weighted by Gasteiger charge is 2.32. The van der Waals surface area contributed by atoms with Crippen LogP contribution in [0.3, 0.4) is 0 Å². The molecular weight excluding hydrogens is 386 g/mol. The number of benzene rings is 2. The van der Waals surface area contributed by atoms with Crippen LogP contribution >= 0.6 is 0 Å². The second kappa shape index (κ2) is 9.76. The number of hydrogen-bond donors (Lipinski definition) is 1. The Bertz CT molecular complexity index is 870. The lowest BCUT2D eigenvalue weighted by Gasteiger charge is -2.28. The Morgan fingerprint density at radius 3 is 2.39 bits per heavy atom. The van der Waals surface area contributed by atoms with Crippen LogP contribution in [0.15, 0.2) is 48.5 Å². The summed E-state index contributed by atoms with van der Waals surface area (Å²) in [5.41, 5.74) is 3.49. The summed E-state index contributed by atoms with van der Waals surface area (Å²) in [5, 5.41) is 9.30. The van der Waals surface area contributed by atoms with Crippen LogP contribution in [-0.2, 0) is 4.79 Å². The Morgan fingerprint density at radius 1 is 1.00 bits per heavy atom. The number of rotatable bonds is 7. The third-order valence-corrected chi connectivity index (χ3v) is 7.42. The number of carbonyl (C=O) groups is 1. The van der Waals surface area contributed by atoms with E-state index in [2.05, 4.69) is 67.4 Å². The van der Waals surface area contributed by atoms with Gasteiger partial charge in [0.25, 0.3) is 0 Å². The normalized spacial score (nSPS) is 25.9. The molecule has 4 heteroatoms. The van der Waals surface area contributed by atoms with Crippen LogP contribution in [-0.4, -0.2) is 30.3 Å². The van der Waals surface area contributed by atoms with Gasteiger partial charge in [0.2, 0.25) is 0 Å². The minimum Gasteiger partial charge on any atom is -0.490 e. The van der Waals surface area contributed by atoms with Crippen molar-refractivity contribution in [2.24, 2.45) is 11.8 Å². The van der Waals surface area contributed by atoms with Crippen molar-refractivity contribution in [2.75, 3.05) is 11.9 Å². The van der Waals surface area contributed by atoms with Crippen molar-refractivity contribution in [2.45, 2.75) is 70.4 Å². The molecule has 0 spiro atoms. The molecule has 2 aromatic rings. The Hall–Kier alpha value is -2.49. The highest BCUT2D eigenvalue weighted by molar-refractivity contribution is 5.71. The fourth-order valence-corrected chi connectivity index (χ4v) is 5.23. The molecule has 1 N–H and O–H groups in total. The lowest BCUT2D eigenvalue weighted by atomic mass is 9.86. The molecule has 0 aliphatic heterocycles. The summed E-state index contributed by atoms with van der Waals surface area (Å²) in [6, 6.07) is 17.3. The van der Waals surface area contributed by atoms with Crippen molar-refractivity contribution in [3.8, 4) is 16.9 Å². The topological polar surface area (TPSA) is 49.8 Å². The summed E-state index contributed by atoms with van der Waals surface area (Å²) in [6.07, 6.45) is 8.97. The highest BCUT2D eigenvalue weighted by atomic mass is 16.5. The number of hydrogen-bond acceptors (Lipinski definition) is 3. The predicted molar refractivity (Wildman–Crippen MR) is 126 cm³/mol. The molecule has 2 aromatic carbocycles. The Morgan fingerprint density at radius 2 is 1.74 bits per heavy atom. The molecule has 2 aliphatic carbocycles. The first-order chi connectivity index (χ1) is 15.0. The number of carboxylic acid groups (broad SMARTS) is 1. The number of anilines is 1. The Kier molecular flexibility index (Phi) is 6.84. The van der Waals surface area contributed by atoms with Gasteiger partial charge in [-0.15, -0.1) is 0 Å². The van der Waals surface area contributed by atoms with Crippen LogP contribution < -0.4 is 9.64 Å². The standard InChI is InChI=1S/C27H35NO3/c1-3-19-7-13-25(14-8-19)31-26-15-10-20(11-16-26)21-5-4-6-23(17-21)28(2)24-12-9-22(18-24)27(29)30/h4-6,10-11,15-17,19,22,24-25H,3,7-9,12-14,18H2,1-2H3,(H,29,30)/t19-,22?,24?,25+. The molecule has 0 bridgehead atoms.